The van der Waals surface area contributed by atoms with Gasteiger partial charge in [0.1, 0.15) is 5.82 Å². The van der Waals surface area contributed by atoms with Crippen molar-refractivity contribution in [3.8, 4) is 28.2 Å². The number of hydrogen-bond donors (Lipinski definition) is 1. The molecule has 2 aromatic heterocycles. The summed E-state index contributed by atoms with van der Waals surface area (Å²) in [6, 6.07) is 15.4. The molecule has 0 saturated carbocycles. The van der Waals surface area contributed by atoms with Crippen molar-refractivity contribution >= 4 is 11.8 Å². The summed E-state index contributed by atoms with van der Waals surface area (Å²) in [7, 11) is 1.86. The van der Waals surface area contributed by atoms with Crippen molar-refractivity contribution in [2.45, 2.75) is 45.6 Å². The Bertz CT molecular complexity index is 1520. The second-order valence-electron chi connectivity index (χ2n) is 11.6. The Morgan fingerprint density at radius 2 is 1.68 bits per heavy atom. The Balaban J connectivity index is 1.42. The van der Waals surface area contributed by atoms with Crippen LogP contribution in [0.2, 0.25) is 0 Å². The van der Waals surface area contributed by atoms with Crippen LogP contribution < -0.4 is 5.73 Å². The van der Waals surface area contributed by atoms with E-state index in [9.17, 15) is 9.59 Å². The third kappa shape index (κ3) is 6.25. The van der Waals surface area contributed by atoms with Gasteiger partial charge in [0, 0.05) is 74.4 Å². The van der Waals surface area contributed by atoms with Crippen molar-refractivity contribution in [3.05, 3.63) is 78.4 Å². The molecule has 0 radical (unpaired) electrons. The van der Waals surface area contributed by atoms with E-state index in [0.717, 1.165) is 48.7 Å². The zero-order valence-corrected chi connectivity index (χ0v) is 24.4. The number of nitrogens with zero attached hydrogens (tertiary/aromatic N) is 6. The molecule has 2 aromatic carbocycles. The van der Waals surface area contributed by atoms with Crippen LogP contribution >= 0.6 is 0 Å². The van der Waals surface area contributed by atoms with Gasteiger partial charge in [0.05, 0.1) is 17.5 Å². The summed E-state index contributed by atoms with van der Waals surface area (Å²) in [4.78, 5) is 35.1. The predicted octanol–water partition coefficient (Wildman–Crippen LogP) is 4.30. The van der Waals surface area contributed by atoms with Crippen LogP contribution in [0.15, 0.2) is 67.1 Å². The highest BCUT2D eigenvalue weighted by Crippen LogP contribution is 2.36. The molecule has 2 amide bonds. The number of nitrogens with two attached hydrogens (primary N) is 1. The summed E-state index contributed by atoms with van der Waals surface area (Å²) >= 11 is 0. The molecule has 41 heavy (non-hydrogen) atoms. The van der Waals surface area contributed by atoms with Crippen molar-refractivity contribution < 1.29 is 9.59 Å². The minimum atomic E-state index is -0.521. The fourth-order valence-electron chi connectivity index (χ4n) is 5.52. The molecule has 9 nitrogen and oxygen atoms in total. The van der Waals surface area contributed by atoms with E-state index in [4.69, 9.17) is 10.7 Å². The first-order valence-corrected chi connectivity index (χ1v) is 14.2. The second kappa shape index (κ2) is 11.7. The number of imidazole rings is 1. The Morgan fingerprint density at radius 3 is 2.32 bits per heavy atom. The van der Waals surface area contributed by atoms with E-state index in [2.05, 4.69) is 30.8 Å². The number of benzene rings is 2. The monoisotopic (exact) mass is 553 g/mol. The highest BCUT2D eigenvalue weighted by molar-refractivity contribution is 6.03. The van der Waals surface area contributed by atoms with Gasteiger partial charge in [-0.2, -0.15) is 5.10 Å². The molecule has 3 heterocycles. The van der Waals surface area contributed by atoms with Crippen molar-refractivity contribution in [1.82, 2.24) is 29.1 Å². The van der Waals surface area contributed by atoms with Crippen molar-refractivity contribution in [2.24, 2.45) is 12.8 Å². The van der Waals surface area contributed by atoms with E-state index >= 15 is 0 Å². The lowest BCUT2D eigenvalue weighted by molar-refractivity contribution is -0.133. The molecule has 9 heteroatoms. The molecule has 0 atom stereocenters. The molecule has 5 rings (SSSR count). The van der Waals surface area contributed by atoms with Crippen molar-refractivity contribution in [3.63, 3.8) is 0 Å². The second-order valence-corrected chi connectivity index (χ2v) is 11.6. The maximum absolute atomic E-state index is 13.0. The maximum atomic E-state index is 13.0. The first-order chi connectivity index (χ1) is 19.6. The third-order valence-electron chi connectivity index (χ3n) is 7.76. The Labute approximate surface area is 241 Å². The van der Waals surface area contributed by atoms with Crippen LogP contribution in [0.25, 0.3) is 28.2 Å². The number of rotatable bonds is 8. The van der Waals surface area contributed by atoms with Gasteiger partial charge in [-0.25, -0.2) is 4.98 Å². The molecule has 0 aliphatic carbocycles. The molecule has 0 bridgehead atoms. The largest absolute Gasteiger partial charge is 0.366 e. The minimum absolute atomic E-state index is 0.119. The number of amides is 2. The SMILES string of the molecule is Cn1cc(-c2cccc(C(N)=O)c2-c2nc(CCCC(=O)N3CCN(C(C)(C)C)CC3)cn2-c2ccccc2)cn1. The number of hydrogen-bond acceptors (Lipinski definition) is 5. The smallest absolute Gasteiger partial charge is 0.249 e. The lowest BCUT2D eigenvalue weighted by Crippen LogP contribution is -2.54. The van der Waals surface area contributed by atoms with E-state index in [1.165, 1.54) is 0 Å². The molecular formula is C32H39N7O2. The first-order valence-electron chi connectivity index (χ1n) is 14.2. The average molecular weight is 554 g/mol. The molecule has 0 unspecified atom stereocenters. The molecule has 1 fully saturated rings. The van der Waals surface area contributed by atoms with Gasteiger partial charge in [0.15, 0.2) is 0 Å². The predicted molar refractivity (Wildman–Crippen MR) is 161 cm³/mol. The van der Waals surface area contributed by atoms with Gasteiger partial charge in [-0.05, 0) is 57.4 Å². The summed E-state index contributed by atoms with van der Waals surface area (Å²) in [5.74, 6) is 0.301. The van der Waals surface area contributed by atoms with Crippen LogP contribution in [0.5, 0.6) is 0 Å². The van der Waals surface area contributed by atoms with Gasteiger partial charge in [0.25, 0.3) is 0 Å². The quantitative estimate of drug-likeness (QED) is 0.351. The highest BCUT2D eigenvalue weighted by atomic mass is 16.2. The number of piperazine rings is 1. The van der Waals surface area contributed by atoms with E-state index < -0.39 is 5.91 Å². The van der Waals surface area contributed by atoms with Crippen LogP contribution in [0.1, 0.15) is 49.7 Å². The normalized spacial score (nSPS) is 14.4. The number of carbonyl (C=O) groups is 2. The zero-order valence-electron chi connectivity index (χ0n) is 24.4. The molecule has 1 aliphatic heterocycles. The Hall–Kier alpha value is -4.24. The summed E-state index contributed by atoms with van der Waals surface area (Å²) in [6.07, 6.45) is 7.49. The van der Waals surface area contributed by atoms with Gasteiger partial charge < -0.3 is 10.6 Å². The Kier molecular flexibility index (Phi) is 8.08. The number of primary amides is 1. The number of aryl methyl sites for hydroxylation is 2. The van der Waals surface area contributed by atoms with Crippen molar-refractivity contribution in [1.29, 1.82) is 0 Å². The van der Waals surface area contributed by atoms with Gasteiger partial charge in [-0.15, -0.1) is 0 Å². The molecule has 1 aliphatic rings. The number of carbonyl (C=O) groups excluding carboxylic acids is 2. The molecule has 214 valence electrons. The summed E-state index contributed by atoms with van der Waals surface area (Å²) in [6.45, 7) is 9.99. The third-order valence-corrected chi connectivity index (χ3v) is 7.76. The Morgan fingerprint density at radius 1 is 0.951 bits per heavy atom. The first kappa shape index (κ1) is 28.3. The fourth-order valence-corrected chi connectivity index (χ4v) is 5.52. The molecule has 1 saturated heterocycles. The van der Waals surface area contributed by atoms with Gasteiger partial charge in [-0.1, -0.05) is 30.3 Å². The highest BCUT2D eigenvalue weighted by Gasteiger charge is 2.28. The van der Waals surface area contributed by atoms with Crippen molar-refractivity contribution in [2.75, 3.05) is 26.2 Å². The molecular weight excluding hydrogens is 514 g/mol. The summed E-state index contributed by atoms with van der Waals surface area (Å²) < 4.78 is 3.73. The lowest BCUT2D eigenvalue weighted by atomic mass is 9.96. The van der Waals surface area contributed by atoms with Gasteiger partial charge >= 0.3 is 0 Å². The van der Waals surface area contributed by atoms with Gasteiger partial charge in [-0.3, -0.25) is 23.7 Å². The number of aromatic nitrogens is 4. The lowest BCUT2D eigenvalue weighted by Gasteiger charge is -2.42. The van der Waals surface area contributed by atoms with Crippen LogP contribution in [-0.4, -0.2) is 72.7 Å². The average Bonchev–Trinajstić information content (AvgIpc) is 3.59. The van der Waals surface area contributed by atoms with Crippen LogP contribution in [0, 0.1) is 0 Å². The van der Waals surface area contributed by atoms with E-state index in [0.29, 0.717) is 36.2 Å². The van der Waals surface area contributed by atoms with Crippen LogP contribution in [0.3, 0.4) is 0 Å². The maximum Gasteiger partial charge on any atom is 0.249 e. The molecule has 4 aromatic rings. The minimum Gasteiger partial charge on any atom is -0.366 e. The summed E-state index contributed by atoms with van der Waals surface area (Å²) in [5, 5.41) is 4.33. The van der Waals surface area contributed by atoms with E-state index in [1.807, 2.05) is 71.4 Å². The standard InChI is InChI=1S/C32H39N7O2/c1-32(2,3)38-18-16-37(17-19-38)28(40)15-8-10-24-22-39(25-11-6-5-7-12-25)31(35-24)29-26(23-20-34-36(4)21-23)13-9-14-27(29)30(33)41/h5-7,9,11-14,20-22H,8,10,15-19H2,1-4H3,(H2,33,41). The zero-order chi connectivity index (χ0) is 29.1. The fraction of sp³-hybridized carbons (Fsp3) is 0.375. The summed E-state index contributed by atoms with van der Waals surface area (Å²) in [5.41, 5.74) is 10.5. The van der Waals surface area contributed by atoms with Crippen LogP contribution in [-0.2, 0) is 18.3 Å². The molecule has 2 N–H and O–H groups in total. The van der Waals surface area contributed by atoms with E-state index in [1.54, 1.807) is 16.9 Å². The van der Waals surface area contributed by atoms with E-state index in [-0.39, 0.29) is 11.4 Å². The topological polar surface area (TPSA) is 102 Å². The van der Waals surface area contributed by atoms with Gasteiger partial charge in [0.2, 0.25) is 11.8 Å². The molecule has 0 spiro atoms. The number of para-hydroxylation sites is 1. The van der Waals surface area contributed by atoms with Crippen LogP contribution in [0.4, 0.5) is 0 Å².